The fraction of sp³-hybridized carbons (Fsp3) is 0.0222. The first kappa shape index (κ1) is 35.9. The molecule has 0 amide bonds. The standard InChI is InChI=1S/C45H22F8N6/c46-37-35(38(47)40(49)41(50)39(37)48)29-15-16-32(58-30-9-3-1-7-25(30)27-13-11-23(21-33(27)58)43-54-17-5-18-55-43)36(45(51,52)53)42(29)59-31-10-4-2-8-26(31)28-14-12-24(22-34(28)59)44-56-19-6-20-57-44/h1-22H. The molecule has 59 heavy (non-hydrogen) atoms. The molecule has 0 radical (unpaired) electrons. The molecule has 288 valence electrons. The lowest BCUT2D eigenvalue weighted by Gasteiger charge is -2.25. The Labute approximate surface area is 327 Å². The molecule has 0 N–H and O–H groups in total. The fourth-order valence-electron chi connectivity index (χ4n) is 7.94. The number of benzene rings is 6. The third-order valence-electron chi connectivity index (χ3n) is 10.4. The normalized spacial score (nSPS) is 12.1. The van der Waals surface area contributed by atoms with E-state index >= 15 is 30.7 Å². The predicted molar refractivity (Wildman–Crippen MR) is 207 cm³/mol. The quantitative estimate of drug-likeness (QED) is 0.0988. The van der Waals surface area contributed by atoms with Crippen LogP contribution in [0.3, 0.4) is 0 Å². The van der Waals surface area contributed by atoms with Crippen molar-refractivity contribution < 1.29 is 35.1 Å². The van der Waals surface area contributed by atoms with E-state index in [0.717, 1.165) is 16.7 Å². The number of hydrogen-bond acceptors (Lipinski definition) is 4. The van der Waals surface area contributed by atoms with Crippen LogP contribution < -0.4 is 0 Å². The zero-order valence-electron chi connectivity index (χ0n) is 29.9. The summed E-state index contributed by atoms with van der Waals surface area (Å²) in [5.74, 6) is -11.2. The average molecular weight is 799 g/mol. The summed E-state index contributed by atoms with van der Waals surface area (Å²) < 4.78 is 128. The second kappa shape index (κ2) is 13.3. The number of fused-ring (bicyclic) bond motifs is 6. The highest BCUT2D eigenvalue weighted by Gasteiger charge is 2.42. The van der Waals surface area contributed by atoms with Crippen LogP contribution in [0.25, 0.3) is 88.9 Å². The topological polar surface area (TPSA) is 61.4 Å². The van der Waals surface area contributed by atoms with Crippen molar-refractivity contribution in [2.24, 2.45) is 0 Å². The Morgan fingerprint density at radius 1 is 0.424 bits per heavy atom. The van der Waals surface area contributed by atoms with Crippen LogP contribution in [0.1, 0.15) is 5.56 Å². The predicted octanol–water partition coefficient (Wildman–Crippen LogP) is 12.2. The highest BCUT2D eigenvalue weighted by atomic mass is 19.4. The van der Waals surface area contributed by atoms with Gasteiger partial charge in [0.25, 0.3) is 0 Å². The van der Waals surface area contributed by atoms with Gasteiger partial charge in [-0.05, 0) is 48.5 Å². The zero-order valence-corrected chi connectivity index (χ0v) is 29.9. The molecule has 0 atom stereocenters. The van der Waals surface area contributed by atoms with E-state index in [1.165, 1.54) is 41.5 Å². The maximum atomic E-state index is 16.4. The van der Waals surface area contributed by atoms with E-state index in [4.69, 9.17) is 0 Å². The summed E-state index contributed by atoms with van der Waals surface area (Å²) in [6, 6.07) is 28.2. The molecule has 0 saturated heterocycles. The SMILES string of the molecule is Fc1c(F)c(F)c(-c2ccc(-n3c4ccccc4c4ccc(-c5ncccn5)cc43)c(C(F)(F)F)c2-n2c3ccccc3c3ccc(-c4ncccn4)cc32)c(F)c1F. The second-order valence-electron chi connectivity index (χ2n) is 13.6. The van der Waals surface area contributed by atoms with Crippen LogP contribution in [0.15, 0.2) is 134 Å². The molecule has 4 aromatic heterocycles. The molecule has 0 aliphatic carbocycles. The lowest BCUT2D eigenvalue weighted by molar-refractivity contribution is -0.137. The summed E-state index contributed by atoms with van der Waals surface area (Å²) >= 11 is 0. The fourth-order valence-corrected chi connectivity index (χ4v) is 7.94. The van der Waals surface area contributed by atoms with Crippen LogP contribution in [0.4, 0.5) is 35.1 Å². The van der Waals surface area contributed by atoms with Crippen molar-refractivity contribution in [3.05, 3.63) is 169 Å². The van der Waals surface area contributed by atoms with Crippen LogP contribution in [-0.2, 0) is 6.18 Å². The van der Waals surface area contributed by atoms with Gasteiger partial charge < -0.3 is 9.13 Å². The van der Waals surface area contributed by atoms with Gasteiger partial charge in [-0.3, -0.25) is 0 Å². The molecule has 0 bridgehead atoms. The van der Waals surface area contributed by atoms with Crippen LogP contribution in [0.2, 0.25) is 0 Å². The van der Waals surface area contributed by atoms with Crippen LogP contribution >= 0.6 is 0 Å². The summed E-state index contributed by atoms with van der Waals surface area (Å²) in [5.41, 5.74) is -3.51. The third-order valence-corrected chi connectivity index (χ3v) is 10.4. The van der Waals surface area contributed by atoms with Gasteiger partial charge in [0.1, 0.15) is 5.56 Å². The molecular weight excluding hydrogens is 777 g/mol. The van der Waals surface area contributed by atoms with E-state index in [-0.39, 0.29) is 16.9 Å². The van der Waals surface area contributed by atoms with E-state index in [1.54, 1.807) is 84.9 Å². The second-order valence-corrected chi connectivity index (χ2v) is 13.6. The molecule has 0 unspecified atom stereocenters. The highest BCUT2D eigenvalue weighted by molar-refractivity contribution is 6.12. The van der Waals surface area contributed by atoms with Gasteiger partial charge >= 0.3 is 6.18 Å². The van der Waals surface area contributed by atoms with Crippen molar-refractivity contribution in [2.75, 3.05) is 0 Å². The molecule has 4 heterocycles. The Hall–Kier alpha value is -7.48. The Kier molecular flexibility index (Phi) is 8.09. The molecule has 14 heteroatoms. The largest absolute Gasteiger partial charge is 0.420 e. The summed E-state index contributed by atoms with van der Waals surface area (Å²) in [6.07, 6.45) is 0.677. The minimum atomic E-state index is -5.33. The zero-order chi connectivity index (χ0) is 40.7. The molecule has 0 saturated carbocycles. The third kappa shape index (κ3) is 5.47. The minimum Gasteiger partial charge on any atom is -0.309 e. The van der Waals surface area contributed by atoms with Crippen LogP contribution in [0, 0.1) is 29.1 Å². The van der Waals surface area contributed by atoms with Crippen molar-refractivity contribution in [3.8, 4) is 45.3 Å². The summed E-state index contributed by atoms with van der Waals surface area (Å²) in [7, 11) is 0. The van der Waals surface area contributed by atoms with E-state index < -0.39 is 63.3 Å². The van der Waals surface area contributed by atoms with E-state index in [2.05, 4.69) is 19.9 Å². The molecule has 10 aromatic rings. The average Bonchev–Trinajstić information content (AvgIpc) is 3.77. The Bertz CT molecular complexity index is 3290. The Balaban J connectivity index is 1.42. The van der Waals surface area contributed by atoms with E-state index in [9.17, 15) is 4.39 Å². The molecule has 0 aliphatic rings. The van der Waals surface area contributed by atoms with E-state index in [0.29, 0.717) is 49.5 Å². The lowest BCUT2D eigenvalue weighted by atomic mass is 9.95. The molecule has 10 rings (SSSR count). The van der Waals surface area contributed by atoms with Gasteiger partial charge in [0.2, 0.25) is 5.82 Å². The van der Waals surface area contributed by atoms with Crippen molar-refractivity contribution in [3.63, 3.8) is 0 Å². The molecule has 0 spiro atoms. The first-order chi connectivity index (χ1) is 28.5. The lowest BCUT2D eigenvalue weighted by Crippen LogP contribution is -2.17. The van der Waals surface area contributed by atoms with Gasteiger partial charge in [-0.15, -0.1) is 0 Å². The van der Waals surface area contributed by atoms with Gasteiger partial charge in [-0.25, -0.2) is 41.9 Å². The number of hydrogen-bond donors (Lipinski definition) is 0. The number of aromatic nitrogens is 6. The van der Waals surface area contributed by atoms with Gasteiger partial charge in [0.05, 0.1) is 39.0 Å². The van der Waals surface area contributed by atoms with Gasteiger partial charge in [-0.1, -0.05) is 60.7 Å². The van der Waals surface area contributed by atoms with Crippen molar-refractivity contribution in [2.45, 2.75) is 6.18 Å². The number of nitrogens with zero attached hydrogens (tertiary/aromatic N) is 6. The summed E-state index contributed by atoms with van der Waals surface area (Å²) in [5, 5.41) is 2.00. The van der Waals surface area contributed by atoms with Crippen LogP contribution in [-0.4, -0.2) is 29.1 Å². The highest BCUT2D eigenvalue weighted by Crippen LogP contribution is 2.49. The number of alkyl halides is 3. The first-order valence-corrected chi connectivity index (χ1v) is 17.9. The molecular formula is C45H22F8N6. The summed E-state index contributed by atoms with van der Waals surface area (Å²) in [6.45, 7) is 0. The van der Waals surface area contributed by atoms with Crippen molar-refractivity contribution in [1.29, 1.82) is 0 Å². The van der Waals surface area contributed by atoms with E-state index in [1.807, 2.05) is 0 Å². The number of rotatable bonds is 5. The molecule has 6 nitrogen and oxygen atoms in total. The molecule has 6 aromatic carbocycles. The smallest absolute Gasteiger partial charge is 0.309 e. The number of halogens is 8. The van der Waals surface area contributed by atoms with Gasteiger partial charge in [0.15, 0.2) is 34.9 Å². The molecule has 0 fully saturated rings. The molecule has 0 aliphatic heterocycles. The Morgan fingerprint density at radius 2 is 0.864 bits per heavy atom. The maximum absolute atomic E-state index is 16.4. The first-order valence-electron chi connectivity index (χ1n) is 17.9. The van der Waals surface area contributed by atoms with Crippen molar-refractivity contribution in [1.82, 2.24) is 29.1 Å². The maximum Gasteiger partial charge on any atom is 0.420 e. The summed E-state index contributed by atoms with van der Waals surface area (Å²) in [4.78, 5) is 17.2. The van der Waals surface area contributed by atoms with Crippen LogP contribution in [0.5, 0.6) is 0 Å². The van der Waals surface area contributed by atoms with Gasteiger partial charge in [-0.2, -0.15) is 13.2 Å². The Morgan fingerprint density at radius 3 is 1.37 bits per heavy atom. The van der Waals surface area contributed by atoms with Gasteiger partial charge in [0, 0.05) is 63.0 Å². The number of para-hydroxylation sites is 2. The minimum absolute atomic E-state index is 0.106. The monoisotopic (exact) mass is 798 g/mol. The van der Waals surface area contributed by atoms with Crippen molar-refractivity contribution >= 4 is 43.6 Å².